The van der Waals surface area contributed by atoms with Gasteiger partial charge in [0, 0.05) is 5.92 Å². The molecule has 0 aliphatic carbocycles. The normalized spacial score (nSPS) is 14.0. The Labute approximate surface area is 89.0 Å². The monoisotopic (exact) mass is 206 g/mol. The molecule has 15 heavy (non-hydrogen) atoms. The molecule has 0 aliphatic rings. The van der Waals surface area contributed by atoms with Crippen LogP contribution >= 0.6 is 0 Å². The average Bonchev–Trinajstić information content (AvgIpc) is 2.30. The van der Waals surface area contributed by atoms with Crippen LogP contribution in [0.2, 0.25) is 0 Å². The summed E-state index contributed by atoms with van der Waals surface area (Å²) >= 11 is 0. The first kappa shape index (κ1) is 11.5. The molecule has 2 atom stereocenters. The van der Waals surface area contributed by atoms with Crippen LogP contribution < -0.4 is 0 Å². The minimum absolute atomic E-state index is 0.432. The van der Waals surface area contributed by atoms with E-state index in [9.17, 15) is 9.90 Å². The van der Waals surface area contributed by atoms with Crippen molar-refractivity contribution in [2.24, 2.45) is 0 Å². The highest BCUT2D eigenvalue weighted by atomic mass is 16.5. The van der Waals surface area contributed by atoms with E-state index >= 15 is 0 Å². The molecule has 0 radical (unpaired) electrons. The van der Waals surface area contributed by atoms with Gasteiger partial charge in [0.2, 0.25) is 0 Å². The first-order valence-corrected chi connectivity index (χ1v) is 4.64. The Bertz CT molecular complexity index is 332. The van der Waals surface area contributed by atoms with E-state index in [4.69, 9.17) is 0 Å². The van der Waals surface area contributed by atoms with E-state index in [2.05, 4.69) is 11.3 Å². The van der Waals surface area contributed by atoms with Gasteiger partial charge in [0.25, 0.3) is 0 Å². The van der Waals surface area contributed by atoms with Crippen molar-refractivity contribution in [3.63, 3.8) is 0 Å². The number of rotatable bonds is 4. The van der Waals surface area contributed by atoms with Gasteiger partial charge in [-0.3, -0.25) is 0 Å². The van der Waals surface area contributed by atoms with Gasteiger partial charge in [-0.15, -0.1) is 6.58 Å². The van der Waals surface area contributed by atoms with Gasteiger partial charge in [-0.1, -0.05) is 36.4 Å². The Morgan fingerprint density at radius 1 is 1.47 bits per heavy atom. The fourth-order valence-corrected chi connectivity index (χ4v) is 1.39. The lowest BCUT2D eigenvalue weighted by molar-refractivity contribution is -0.150. The van der Waals surface area contributed by atoms with E-state index in [1.54, 1.807) is 0 Å². The lowest BCUT2D eigenvalue weighted by atomic mass is 9.93. The molecule has 0 fully saturated rings. The maximum atomic E-state index is 11.2. The molecule has 1 rings (SSSR count). The van der Waals surface area contributed by atoms with Crippen molar-refractivity contribution in [3.8, 4) is 0 Å². The second-order valence-electron chi connectivity index (χ2n) is 3.14. The van der Waals surface area contributed by atoms with Gasteiger partial charge in [-0.25, -0.2) is 4.79 Å². The molecule has 0 bridgehead atoms. The third kappa shape index (κ3) is 2.67. The summed E-state index contributed by atoms with van der Waals surface area (Å²) in [5.74, 6) is -1.08. The van der Waals surface area contributed by atoms with Crippen molar-refractivity contribution in [1.29, 1.82) is 0 Å². The maximum absolute atomic E-state index is 11.2. The van der Waals surface area contributed by atoms with Crippen molar-refractivity contribution in [3.05, 3.63) is 48.6 Å². The Kier molecular flexibility index (Phi) is 4.06. The Hall–Kier alpha value is -1.61. The Balaban J connectivity index is 2.89. The standard InChI is InChI=1S/C12H14O3/c1-3-10(11(13)12(14)15-2)9-7-5-4-6-8-9/h3-8,10-11,13H,1H2,2H3/t10-,11+/m0/s1. The summed E-state index contributed by atoms with van der Waals surface area (Å²) in [6.45, 7) is 3.61. The number of carbonyl (C=O) groups excluding carboxylic acids is 1. The first-order valence-electron chi connectivity index (χ1n) is 4.64. The molecule has 80 valence electrons. The van der Waals surface area contributed by atoms with Crippen molar-refractivity contribution in [2.45, 2.75) is 12.0 Å². The van der Waals surface area contributed by atoms with Crippen molar-refractivity contribution < 1.29 is 14.6 Å². The molecule has 1 aromatic carbocycles. The summed E-state index contributed by atoms with van der Waals surface area (Å²) in [6, 6.07) is 9.22. The Morgan fingerprint density at radius 2 is 2.07 bits per heavy atom. The molecule has 0 saturated heterocycles. The Morgan fingerprint density at radius 3 is 2.53 bits per heavy atom. The van der Waals surface area contributed by atoms with Crippen LogP contribution in [-0.2, 0) is 9.53 Å². The summed E-state index contributed by atoms with van der Waals surface area (Å²) in [5, 5.41) is 9.69. The lowest BCUT2D eigenvalue weighted by Gasteiger charge is -2.17. The molecule has 0 saturated carbocycles. The van der Waals surface area contributed by atoms with E-state index < -0.39 is 18.0 Å². The fourth-order valence-electron chi connectivity index (χ4n) is 1.39. The van der Waals surface area contributed by atoms with Crippen LogP contribution in [0.25, 0.3) is 0 Å². The number of hydrogen-bond acceptors (Lipinski definition) is 3. The molecule has 0 aromatic heterocycles. The molecule has 1 N–H and O–H groups in total. The average molecular weight is 206 g/mol. The number of benzene rings is 1. The predicted octanol–water partition coefficient (Wildman–Crippen LogP) is 1.49. The van der Waals surface area contributed by atoms with Crippen LogP contribution in [0.4, 0.5) is 0 Å². The maximum Gasteiger partial charge on any atom is 0.335 e. The van der Waals surface area contributed by atoms with Crippen LogP contribution in [-0.4, -0.2) is 24.3 Å². The van der Waals surface area contributed by atoms with E-state index in [0.717, 1.165) is 5.56 Å². The van der Waals surface area contributed by atoms with E-state index in [1.165, 1.54) is 13.2 Å². The van der Waals surface area contributed by atoms with Gasteiger partial charge in [0.1, 0.15) is 0 Å². The predicted molar refractivity (Wildman–Crippen MR) is 57.4 cm³/mol. The summed E-state index contributed by atoms with van der Waals surface area (Å²) in [7, 11) is 1.25. The number of aliphatic hydroxyl groups excluding tert-OH is 1. The first-order chi connectivity index (χ1) is 7.20. The number of methoxy groups -OCH3 is 1. The molecule has 3 heteroatoms. The number of carbonyl (C=O) groups is 1. The zero-order valence-corrected chi connectivity index (χ0v) is 8.59. The number of hydrogen-bond donors (Lipinski definition) is 1. The molecular formula is C12H14O3. The zero-order chi connectivity index (χ0) is 11.3. The van der Waals surface area contributed by atoms with Crippen LogP contribution in [0.3, 0.4) is 0 Å². The van der Waals surface area contributed by atoms with Gasteiger partial charge in [-0.2, -0.15) is 0 Å². The summed E-state index contributed by atoms with van der Waals surface area (Å²) in [4.78, 5) is 11.2. The minimum Gasteiger partial charge on any atom is -0.467 e. The van der Waals surface area contributed by atoms with Gasteiger partial charge in [0.15, 0.2) is 6.10 Å². The molecule has 0 heterocycles. The highest BCUT2D eigenvalue weighted by molar-refractivity contribution is 5.76. The van der Waals surface area contributed by atoms with Gasteiger partial charge in [0.05, 0.1) is 7.11 Å². The highest BCUT2D eigenvalue weighted by Gasteiger charge is 2.25. The topological polar surface area (TPSA) is 46.5 Å². The lowest BCUT2D eigenvalue weighted by Crippen LogP contribution is -2.28. The molecule has 0 spiro atoms. The fraction of sp³-hybridized carbons (Fsp3) is 0.250. The van der Waals surface area contributed by atoms with Crippen molar-refractivity contribution in [1.82, 2.24) is 0 Å². The van der Waals surface area contributed by atoms with Crippen molar-refractivity contribution in [2.75, 3.05) is 7.11 Å². The van der Waals surface area contributed by atoms with Crippen LogP contribution in [0.5, 0.6) is 0 Å². The molecule has 0 amide bonds. The van der Waals surface area contributed by atoms with Crippen molar-refractivity contribution >= 4 is 5.97 Å². The van der Waals surface area contributed by atoms with Gasteiger partial charge >= 0.3 is 5.97 Å². The molecular weight excluding hydrogens is 192 g/mol. The minimum atomic E-state index is -1.20. The van der Waals surface area contributed by atoms with Crippen LogP contribution in [0, 0.1) is 0 Å². The second-order valence-corrected chi connectivity index (χ2v) is 3.14. The number of ether oxygens (including phenoxy) is 1. The SMILES string of the molecule is C=C[C@@H](c1ccccc1)[C@@H](O)C(=O)OC. The largest absolute Gasteiger partial charge is 0.467 e. The smallest absolute Gasteiger partial charge is 0.335 e. The summed E-state index contributed by atoms with van der Waals surface area (Å²) in [6.07, 6.45) is 0.339. The molecule has 1 aromatic rings. The third-order valence-corrected chi connectivity index (χ3v) is 2.22. The summed E-state index contributed by atoms with van der Waals surface area (Å²) < 4.78 is 4.48. The van der Waals surface area contributed by atoms with Crippen LogP contribution in [0.15, 0.2) is 43.0 Å². The quantitative estimate of drug-likeness (QED) is 0.599. The van der Waals surface area contributed by atoms with E-state index in [-0.39, 0.29) is 0 Å². The van der Waals surface area contributed by atoms with Crippen LogP contribution in [0.1, 0.15) is 11.5 Å². The second kappa shape index (κ2) is 5.32. The summed E-state index contributed by atoms with van der Waals surface area (Å²) in [5.41, 5.74) is 0.838. The highest BCUT2D eigenvalue weighted by Crippen LogP contribution is 2.21. The number of esters is 1. The number of aliphatic hydroxyl groups is 1. The molecule has 0 unspecified atom stereocenters. The van der Waals surface area contributed by atoms with Gasteiger partial charge < -0.3 is 9.84 Å². The van der Waals surface area contributed by atoms with Gasteiger partial charge in [-0.05, 0) is 5.56 Å². The van der Waals surface area contributed by atoms with E-state index in [0.29, 0.717) is 0 Å². The third-order valence-electron chi connectivity index (χ3n) is 2.22. The molecule has 3 nitrogen and oxygen atoms in total. The molecule has 0 aliphatic heterocycles. The van der Waals surface area contributed by atoms with E-state index in [1.807, 2.05) is 30.3 Å². The zero-order valence-electron chi connectivity index (χ0n) is 8.59.